The maximum absolute atomic E-state index is 14.0. The third-order valence-corrected chi connectivity index (χ3v) is 7.83. The molecule has 196 valence electrons. The van der Waals surface area contributed by atoms with E-state index in [9.17, 15) is 14.4 Å². The number of esters is 1. The molecule has 2 bridgehead atoms. The molecule has 2 unspecified atom stereocenters. The predicted octanol–water partition coefficient (Wildman–Crippen LogP) is 2.85. The lowest BCUT2D eigenvalue weighted by molar-refractivity contribution is -0.160. The van der Waals surface area contributed by atoms with E-state index in [-0.39, 0.29) is 25.0 Å². The Morgan fingerprint density at radius 3 is 2.66 bits per heavy atom. The normalized spacial score (nSPS) is 30.9. The van der Waals surface area contributed by atoms with Gasteiger partial charge in [-0.2, -0.15) is 0 Å². The van der Waals surface area contributed by atoms with E-state index >= 15 is 0 Å². The lowest BCUT2D eigenvalue weighted by Gasteiger charge is -2.37. The van der Waals surface area contributed by atoms with Gasteiger partial charge in [-0.15, -0.1) is 13.2 Å². The van der Waals surface area contributed by atoms with Crippen LogP contribution in [0.4, 0.5) is 0 Å². The lowest BCUT2D eigenvalue weighted by Crippen LogP contribution is -2.56. The van der Waals surface area contributed by atoms with Gasteiger partial charge in [-0.3, -0.25) is 14.4 Å². The maximum atomic E-state index is 14.0. The third kappa shape index (κ3) is 5.05. The predicted molar refractivity (Wildman–Crippen MR) is 132 cm³/mol. The second-order valence-electron chi connectivity index (χ2n) is 10.2. The van der Waals surface area contributed by atoms with Crippen molar-refractivity contribution < 1.29 is 29.0 Å². The minimum Gasteiger partial charge on any atom is -0.465 e. The zero-order valence-corrected chi connectivity index (χ0v) is 21.4. The molecular weight excluding hydrogens is 448 g/mol. The van der Waals surface area contributed by atoms with Gasteiger partial charge in [-0.05, 0) is 51.9 Å². The van der Waals surface area contributed by atoms with E-state index in [0.717, 1.165) is 19.3 Å². The first kappa shape index (κ1) is 27.4. The summed E-state index contributed by atoms with van der Waals surface area (Å²) >= 11 is 0. The second-order valence-corrected chi connectivity index (χ2v) is 10.2. The molecule has 1 spiro atoms. The first-order valence-corrected chi connectivity index (χ1v) is 13.1. The molecule has 0 saturated carbocycles. The van der Waals surface area contributed by atoms with Crippen molar-refractivity contribution in [1.29, 1.82) is 0 Å². The van der Waals surface area contributed by atoms with Gasteiger partial charge in [-0.25, -0.2) is 0 Å². The molecule has 5 atom stereocenters. The number of carbonyl (C=O) groups is 3. The fraction of sp³-hybridized carbons (Fsp3) is 0.741. The van der Waals surface area contributed by atoms with Crippen LogP contribution in [0.15, 0.2) is 25.3 Å². The summed E-state index contributed by atoms with van der Waals surface area (Å²) in [6.45, 7) is 13.1. The van der Waals surface area contributed by atoms with Crippen LogP contribution in [-0.2, 0) is 23.9 Å². The zero-order chi connectivity index (χ0) is 25.6. The number of nitrogens with zero attached hydrogens (tertiary/aromatic N) is 2. The summed E-state index contributed by atoms with van der Waals surface area (Å²) in [4.78, 5) is 44.6. The number of ether oxygens (including phenoxy) is 2. The summed E-state index contributed by atoms with van der Waals surface area (Å²) in [5.74, 6) is -2.25. The Labute approximate surface area is 209 Å². The number of hydrogen-bond acceptors (Lipinski definition) is 6. The van der Waals surface area contributed by atoms with E-state index < -0.39 is 35.0 Å². The van der Waals surface area contributed by atoms with Crippen molar-refractivity contribution in [3.8, 4) is 0 Å². The number of carbonyl (C=O) groups excluding carboxylic acids is 3. The SMILES string of the molecule is C=CCCOC(=O)[C@@H]1[C@H]2C(=O)N(CCCCCO)C(C(=O)N(CC=C)CCCC)C23CC[C@@]1(C)O3. The number of unbranched alkanes of at least 4 members (excludes halogenated alkanes) is 3. The van der Waals surface area contributed by atoms with Gasteiger partial charge >= 0.3 is 5.97 Å². The van der Waals surface area contributed by atoms with Crippen molar-refractivity contribution in [2.24, 2.45) is 11.8 Å². The molecule has 3 aliphatic heterocycles. The van der Waals surface area contributed by atoms with Crippen LogP contribution in [0.1, 0.15) is 65.2 Å². The number of amides is 2. The molecule has 3 fully saturated rings. The van der Waals surface area contributed by atoms with Gasteiger partial charge in [-0.1, -0.05) is 25.5 Å². The van der Waals surface area contributed by atoms with Crippen molar-refractivity contribution in [3.63, 3.8) is 0 Å². The van der Waals surface area contributed by atoms with E-state index in [1.54, 1.807) is 22.0 Å². The van der Waals surface area contributed by atoms with Crippen LogP contribution in [0.25, 0.3) is 0 Å². The van der Waals surface area contributed by atoms with Crippen molar-refractivity contribution in [2.45, 2.75) is 82.5 Å². The minimum atomic E-state index is -1.03. The molecule has 3 heterocycles. The lowest BCUT2D eigenvalue weighted by atomic mass is 9.66. The highest BCUT2D eigenvalue weighted by Gasteiger charge is 2.78. The first-order valence-electron chi connectivity index (χ1n) is 13.1. The molecule has 3 aliphatic rings. The molecule has 0 aliphatic carbocycles. The Balaban J connectivity index is 1.96. The maximum Gasteiger partial charge on any atom is 0.312 e. The number of rotatable bonds is 15. The van der Waals surface area contributed by atoms with E-state index in [1.807, 2.05) is 6.92 Å². The molecule has 0 aromatic heterocycles. The molecule has 35 heavy (non-hydrogen) atoms. The van der Waals surface area contributed by atoms with Gasteiger partial charge in [0.25, 0.3) is 0 Å². The Hall–Kier alpha value is -2.19. The van der Waals surface area contributed by atoms with E-state index in [1.165, 1.54) is 0 Å². The Bertz CT molecular complexity index is 815. The van der Waals surface area contributed by atoms with Gasteiger partial charge in [0.15, 0.2) is 0 Å². The Morgan fingerprint density at radius 1 is 1.23 bits per heavy atom. The van der Waals surface area contributed by atoms with E-state index in [0.29, 0.717) is 51.7 Å². The van der Waals surface area contributed by atoms with Gasteiger partial charge in [0.1, 0.15) is 17.6 Å². The number of hydrogen-bond donors (Lipinski definition) is 1. The second kappa shape index (κ2) is 11.7. The molecule has 8 heteroatoms. The summed E-state index contributed by atoms with van der Waals surface area (Å²) in [6, 6.07) is -0.779. The molecule has 1 N–H and O–H groups in total. The summed E-state index contributed by atoms with van der Waals surface area (Å²) in [5.41, 5.74) is -1.87. The topological polar surface area (TPSA) is 96.4 Å². The van der Waals surface area contributed by atoms with Crippen molar-refractivity contribution >= 4 is 17.8 Å². The van der Waals surface area contributed by atoms with Crippen LogP contribution >= 0.6 is 0 Å². The summed E-state index contributed by atoms with van der Waals surface area (Å²) in [5, 5.41) is 9.17. The van der Waals surface area contributed by atoms with Gasteiger partial charge in [0, 0.05) is 26.2 Å². The average Bonchev–Trinajstić information content (AvgIpc) is 3.40. The molecular formula is C27H42N2O6. The third-order valence-electron chi connectivity index (χ3n) is 7.83. The quantitative estimate of drug-likeness (QED) is 0.215. The Kier molecular flexibility index (Phi) is 9.16. The molecule has 8 nitrogen and oxygen atoms in total. The smallest absolute Gasteiger partial charge is 0.312 e. The highest BCUT2D eigenvalue weighted by Crippen LogP contribution is 2.63. The average molecular weight is 491 g/mol. The van der Waals surface area contributed by atoms with Crippen molar-refractivity contribution in [1.82, 2.24) is 9.80 Å². The summed E-state index contributed by atoms with van der Waals surface area (Å²) in [7, 11) is 0. The number of fused-ring (bicyclic) bond motifs is 1. The van der Waals surface area contributed by atoms with Crippen LogP contribution in [0.5, 0.6) is 0 Å². The highest BCUT2D eigenvalue weighted by atomic mass is 16.6. The van der Waals surface area contributed by atoms with Gasteiger partial charge in [0.05, 0.1) is 18.1 Å². The van der Waals surface area contributed by atoms with Gasteiger partial charge < -0.3 is 24.4 Å². The molecule has 0 radical (unpaired) electrons. The van der Waals surface area contributed by atoms with Crippen LogP contribution in [0.2, 0.25) is 0 Å². The minimum absolute atomic E-state index is 0.0904. The molecule has 0 aromatic rings. The molecule has 3 saturated heterocycles. The molecule has 3 rings (SSSR count). The van der Waals surface area contributed by atoms with E-state index in [4.69, 9.17) is 14.6 Å². The van der Waals surface area contributed by atoms with Gasteiger partial charge in [0.2, 0.25) is 11.8 Å². The zero-order valence-electron chi connectivity index (χ0n) is 21.4. The van der Waals surface area contributed by atoms with Crippen LogP contribution in [0.3, 0.4) is 0 Å². The standard InChI is InChI=1S/C27H42N2O6/c1-5-8-16-28(15-7-3)24(32)22-27-14-13-26(4,35-27)21(25(33)34-19-9-6-2)20(27)23(31)29(22)17-11-10-12-18-30/h6-7,20-22,30H,2-3,5,8-19H2,1,4H3/t20-,21-,22?,26+,27?/m0/s1. The van der Waals surface area contributed by atoms with Crippen molar-refractivity contribution in [2.75, 3.05) is 32.8 Å². The monoisotopic (exact) mass is 490 g/mol. The summed E-state index contributed by atoms with van der Waals surface area (Å²) in [6.07, 6.45) is 8.91. The fourth-order valence-corrected chi connectivity index (χ4v) is 6.18. The highest BCUT2D eigenvalue weighted by molar-refractivity contribution is 5.98. The van der Waals surface area contributed by atoms with Crippen molar-refractivity contribution in [3.05, 3.63) is 25.3 Å². The van der Waals surface area contributed by atoms with Crippen LogP contribution < -0.4 is 0 Å². The number of aliphatic hydroxyl groups is 1. The number of likely N-dealkylation sites (tertiary alicyclic amines) is 1. The Morgan fingerprint density at radius 2 is 2.00 bits per heavy atom. The van der Waals surface area contributed by atoms with Crippen LogP contribution in [0, 0.1) is 11.8 Å². The summed E-state index contributed by atoms with van der Waals surface area (Å²) < 4.78 is 12.1. The molecule has 2 amide bonds. The molecule has 0 aromatic carbocycles. The fourth-order valence-electron chi connectivity index (χ4n) is 6.18. The number of aliphatic hydroxyl groups excluding tert-OH is 1. The van der Waals surface area contributed by atoms with Crippen LogP contribution in [-0.4, -0.2) is 82.8 Å². The van der Waals surface area contributed by atoms with E-state index in [2.05, 4.69) is 20.1 Å². The first-order chi connectivity index (χ1) is 16.8. The largest absolute Gasteiger partial charge is 0.465 e.